The first-order valence-electron chi connectivity index (χ1n) is 6.72. The zero-order valence-corrected chi connectivity index (χ0v) is 10.7. The average Bonchev–Trinajstić information content (AvgIpc) is 2.82. The van der Waals surface area contributed by atoms with Crippen molar-refractivity contribution in [3.05, 3.63) is 22.6 Å². The molecule has 1 atom stereocenters. The predicted octanol–water partition coefficient (Wildman–Crippen LogP) is 0.219. The monoisotopic (exact) mass is 262 g/mol. The SMILES string of the molecule is O=c1[nH]nc2ccc(NCCC3CCCNC3)nn12. The summed E-state index contributed by atoms with van der Waals surface area (Å²) in [5, 5.41) is 17.1. The van der Waals surface area contributed by atoms with Gasteiger partial charge in [0, 0.05) is 6.54 Å². The fourth-order valence-corrected chi connectivity index (χ4v) is 2.47. The third kappa shape index (κ3) is 2.76. The Balaban J connectivity index is 1.58. The second-order valence-corrected chi connectivity index (χ2v) is 4.95. The Morgan fingerprint density at radius 2 is 2.42 bits per heavy atom. The second-order valence-electron chi connectivity index (χ2n) is 4.95. The van der Waals surface area contributed by atoms with Crippen molar-refractivity contribution in [1.82, 2.24) is 25.1 Å². The maximum atomic E-state index is 11.4. The molecule has 1 saturated heterocycles. The van der Waals surface area contributed by atoms with Crippen molar-refractivity contribution < 1.29 is 0 Å². The maximum Gasteiger partial charge on any atom is 0.364 e. The van der Waals surface area contributed by atoms with Gasteiger partial charge in [0.25, 0.3) is 0 Å². The van der Waals surface area contributed by atoms with Gasteiger partial charge >= 0.3 is 5.69 Å². The molecule has 1 aliphatic rings. The summed E-state index contributed by atoms with van der Waals surface area (Å²) in [6.45, 7) is 3.12. The normalized spacial score (nSPS) is 19.7. The van der Waals surface area contributed by atoms with Gasteiger partial charge < -0.3 is 10.6 Å². The Kier molecular flexibility index (Phi) is 3.45. The van der Waals surface area contributed by atoms with E-state index in [0.717, 1.165) is 32.0 Å². The molecule has 19 heavy (non-hydrogen) atoms. The van der Waals surface area contributed by atoms with Crippen molar-refractivity contribution in [2.24, 2.45) is 5.92 Å². The highest BCUT2D eigenvalue weighted by molar-refractivity contribution is 5.42. The van der Waals surface area contributed by atoms with E-state index in [4.69, 9.17) is 0 Å². The molecule has 0 spiro atoms. The largest absolute Gasteiger partial charge is 0.369 e. The molecule has 3 N–H and O–H groups in total. The van der Waals surface area contributed by atoms with Crippen molar-refractivity contribution in [2.45, 2.75) is 19.3 Å². The number of nitrogens with one attached hydrogen (secondary N) is 3. The zero-order chi connectivity index (χ0) is 13.1. The molecule has 102 valence electrons. The summed E-state index contributed by atoms with van der Waals surface area (Å²) in [5.74, 6) is 1.45. The number of hydrogen-bond donors (Lipinski definition) is 3. The maximum absolute atomic E-state index is 11.4. The number of rotatable bonds is 4. The van der Waals surface area contributed by atoms with Gasteiger partial charge in [-0.2, -0.15) is 9.61 Å². The van der Waals surface area contributed by atoms with E-state index in [2.05, 4.69) is 25.9 Å². The minimum Gasteiger partial charge on any atom is -0.369 e. The zero-order valence-electron chi connectivity index (χ0n) is 10.7. The first-order valence-corrected chi connectivity index (χ1v) is 6.72. The molecule has 1 aliphatic heterocycles. The van der Waals surface area contributed by atoms with Crippen LogP contribution in [0.1, 0.15) is 19.3 Å². The molecule has 0 aliphatic carbocycles. The summed E-state index contributed by atoms with van der Waals surface area (Å²) < 4.78 is 1.27. The fraction of sp³-hybridized carbons (Fsp3) is 0.583. The van der Waals surface area contributed by atoms with Crippen LogP contribution in [0.2, 0.25) is 0 Å². The molecule has 0 saturated carbocycles. The summed E-state index contributed by atoms with van der Waals surface area (Å²) >= 11 is 0. The smallest absolute Gasteiger partial charge is 0.364 e. The topological polar surface area (TPSA) is 87.1 Å². The molecular weight excluding hydrogens is 244 g/mol. The van der Waals surface area contributed by atoms with Crippen LogP contribution in [0.3, 0.4) is 0 Å². The highest BCUT2D eigenvalue weighted by atomic mass is 16.2. The molecular formula is C12H18N6O. The predicted molar refractivity (Wildman–Crippen MR) is 72.3 cm³/mol. The molecule has 3 heterocycles. The highest BCUT2D eigenvalue weighted by Gasteiger charge is 2.12. The Hall–Kier alpha value is -1.89. The number of H-pyrrole nitrogens is 1. The number of hydrogen-bond acceptors (Lipinski definition) is 5. The van der Waals surface area contributed by atoms with Crippen molar-refractivity contribution in [2.75, 3.05) is 25.0 Å². The Morgan fingerprint density at radius 1 is 1.47 bits per heavy atom. The van der Waals surface area contributed by atoms with E-state index in [-0.39, 0.29) is 5.69 Å². The van der Waals surface area contributed by atoms with Crippen LogP contribution in [-0.4, -0.2) is 39.4 Å². The average molecular weight is 262 g/mol. The van der Waals surface area contributed by atoms with Gasteiger partial charge in [0.05, 0.1) is 0 Å². The fourth-order valence-electron chi connectivity index (χ4n) is 2.47. The van der Waals surface area contributed by atoms with Gasteiger partial charge in [-0.05, 0) is 50.4 Å². The van der Waals surface area contributed by atoms with Crippen molar-refractivity contribution >= 4 is 11.5 Å². The molecule has 7 heteroatoms. The van der Waals surface area contributed by atoms with Gasteiger partial charge in [0.1, 0.15) is 5.82 Å². The lowest BCUT2D eigenvalue weighted by molar-refractivity contribution is 0.364. The van der Waals surface area contributed by atoms with Gasteiger partial charge in [-0.15, -0.1) is 5.10 Å². The molecule has 1 fully saturated rings. The Labute approximate surface area is 110 Å². The Morgan fingerprint density at radius 3 is 3.26 bits per heavy atom. The van der Waals surface area contributed by atoms with Crippen molar-refractivity contribution in [3.63, 3.8) is 0 Å². The molecule has 2 aromatic rings. The number of piperidine rings is 1. The van der Waals surface area contributed by atoms with E-state index in [1.807, 2.05) is 6.07 Å². The van der Waals surface area contributed by atoms with E-state index in [9.17, 15) is 4.79 Å². The molecule has 0 bridgehead atoms. The lowest BCUT2D eigenvalue weighted by Gasteiger charge is -2.22. The highest BCUT2D eigenvalue weighted by Crippen LogP contribution is 2.14. The quantitative estimate of drug-likeness (QED) is 0.733. The molecule has 0 radical (unpaired) electrons. The van der Waals surface area contributed by atoms with Crippen LogP contribution in [0, 0.1) is 5.92 Å². The summed E-state index contributed by atoms with van der Waals surface area (Å²) in [6, 6.07) is 3.62. The number of aromatic nitrogens is 4. The lowest BCUT2D eigenvalue weighted by atomic mass is 9.96. The van der Waals surface area contributed by atoms with Crippen molar-refractivity contribution in [3.8, 4) is 0 Å². The number of fused-ring (bicyclic) bond motifs is 1. The van der Waals surface area contributed by atoms with Crippen LogP contribution in [0.25, 0.3) is 5.65 Å². The van der Waals surface area contributed by atoms with Gasteiger partial charge in [0.15, 0.2) is 5.65 Å². The first-order chi connectivity index (χ1) is 9.33. The molecule has 7 nitrogen and oxygen atoms in total. The summed E-state index contributed by atoms with van der Waals surface area (Å²) in [6.07, 6.45) is 3.68. The molecule has 1 unspecified atom stereocenters. The van der Waals surface area contributed by atoms with Gasteiger partial charge in [0.2, 0.25) is 0 Å². The van der Waals surface area contributed by atoms with E-state index in [0.29, 0.717) is 11.5 Å². The number of aromatic amines is 1. The number of nitrogens with zero attached hydrogens (tertiary/aromatic N) is 3. The van der Waals surface area contributed by atoms with E-state index < -0.39 is 0 Å². The standard InChI is InChI=1S/C12H18N6O/c19-12-16-15-11-4-3-10(17-18(11)12)14-7-5-9-2-1-6-13-8-9/h3-4,9,13H,1-2,5-8H2,(H,14,17)(H,16,19). The minimum absolute atomic E-state index is 0.310. The molecule has 0 amide bonds. The van der Waals surface area contributed by atoms with Crippen LogP contribution in [0.15, 0.2) is 16.9 Å². The first kappa shape index (κ1) is 12.2. The van der Waals surface area contributed by atoms with Crippen LogP contribution >= 0.6 is 0 Å². The second kappa shape index (κ2) is 5.40. The van der Waals surface area contributed by atoms with Crippen LogP contribution in [-0.2, 0) is 0 Å². The Bertz CT molecular complexity index is 598. The molecule has 2 aromatic heterocycles. The van der Waals surface area contributed by atoms with E-state index in [1.54, 1.807) is 6.07 Å². The summed E-state index contributed by atoms with van der Waals surface area (Å²) in [7, 11) is 0. The van der Waals surface area contributed by atoms with Gasteiger partial charge in [-0.1, -0.05) is 0 Å². The summed E-state index contributed by atoms with van der Waals surface area (Å²) in [4.78, 5) is 11.4. The third-order valence-electron chi connectivity index (χ3n) is 3.53. The summed E-state index contributed by atoms with van der Waals surface area (Å²) in [5.41, 5.74) is 0.224. The van der Waals surface area contributed by atoms with E-state index in [1.165, 1.54) is 17.4 Å². The lowest BCUT2D eigenvalue weighted by Crippen LogP contribution is -2.30. The molecule has 3 rings (SSSR count). The number of anilines is 1. The van der Waals surface area contributed by atoms with Gasteiger partial charge in [-0.25, -0.2) is 9.89 Å². The van der Waals surface area contributed by atoms with Crippen LogP contribution in [0.4, 0.5) is 5.82 Å². The van der Waals surface area contributed by atoms with Gasteiger partial charge in [-0.3, -0.25) is 0 Å². The molecule has 0 aromatic carbocycles. The van der Waals surface area contributed by atoms with Crippen LogP contribution in [0.5, 0.6) is 0 Å². The third-order valence-corrected chi connectivity index (χ3v) is 3.53. The minimum atomic E-state index is -0.310. The van der Waals surface area contributed by atoms with Crippen molar-refractivity contribution in [1.29, 1.82) is 0 Å². The van der Waals surface area contributed by atoms with E-state index >= 15 is 0 Å². The van der Waals surface area contributed by atoms with Crippen LogP contribution < -0.4 is 16.3 Å².